The van der Waals surface area contributed by atoms with Crippen molar-refractivity contribution < 1.29 is 9.53 Å². The Morgan fingerprint density at radius 3 is 3.21 bits per heavy atom. The van der Waals surface area contributed by atoms with Crippen molar-refractivity contribution in [3.8, 4) is 0 Å². The number of rotatable bonds is 3. The van der Waals surface area contributed by atoms with Crippen LogP contribution in [0, 0.1) is 0 Å². The molecule has 4 heteroatoms. The summed E-state index contributed by atoms with van der Waals surface area (Å²) >= 11 is 1.47. The van der Waals surface area contributed by atoms with Gasteiger partial charge in [0.2, 0.25) is 0 Å². The van der Waals surface area contributed by atoms with Gasteiger partial charge in [0.1, 0.15) is 0 Å². The lowest BCUT2D eigenvalue weighted by molar-refractivity contribution is 0.0168. The quantitative estimate of drug-likeness (QED) is 0.718. The van der Waals surface area contributed by atoms with Crippen LogP contribution in [0.25, 0.3) is 0 Å². The Balaban J connectivity index is 1.92. The SMILES string of the molecule is O=Cc1cnc(CC2CCCCO2)s1. The lowest BCUT2D eigenvalue weighted by Crippen LogP contribution is -2.21. The van der Waals surface area contributed by atoms with Gasteiger partial charge in [0.05, 0.1) is 16.0 Å². The highest BCUT2D eigenvalue weighted by atomic mass is 32.1. The summed E-state index contributed by atoms with van der Waals surface area (Å²) in [6.07, 6.45) is 7.20. The Hall–Kier alpha value is -0.740. The maximum Gasteiger partial charge on any atom is 0.161 e. The third-order valence-electron chi connectivity index (χ3n) is 2.36. The van der Waals surface area contributed by atoms with E-state index in [2.05, 4.69) is 4.98 Å². The fraction of sp³-hybridized carbons (Fsp3) is 0.600. The molecule has 0 bridgehead atoms. The first-order valence-corrected chi connectivity index (χ1v) is 5.71. The minimum atomic E-state index is 0.314. The van der Waals surface area contributed by atoms with Gasteiger partial charge in [0.25, 0.3) is 0 Å². The van der Waals surface area contributed by atoms with Crippen molar-refractivity contribution in [1.82, 2.24) is 4.98 Å². The zero-order valence-corrected chi connectivity index (χ0v) is 8.76. The average Bonchev–Trinajstić information content (AvgIpc) is 2.67. The Kier molecular flexibility index (Phi) is 3.26. The highest BCUT2D eigenvalue weighted by Gasteiger charge is 2.15. The Morgan fingerprint density at radius 2 is 2.57 bits per heavy atom. The predicted molar refractivity (Wildman–Crippen MR) is 54.8 cm³/mol. The Bertz CT molecular complexity index is 305. The third kappa shape index (κ3) is 2.39. The van der Waals surface area contributed by atoms with Crippen LogP contribution >= 0.6 is 11.3 Å². The number of thiazole rings is 1. The van der Waals surface area contributed by atoms with Gasteiger partial charge in [-0.15, -0.1) is 11.3 Å². The van der Waals surface area contributed by atoms with E-state index in [0.717, 1.165) is 30.7 Å². The van der Waals surface area contributed by atoms with Crippen LogP contribution < -0.4 is 0 Å². The van der Waals surface area contributed by atoms with E-state index in [1.807, 2.05) is 0 Å². The molecule has 1 atom stereocenters. The molecule has 2 heterocycles. The van der Waals surface area contributed by atoms with E-state index in [1.54, 1.807) is 6.20 Å². The largest absolute Gasteiger partial charge is 0.378 e. The Labute approximate surface area is 87.1 Å². The smallest absolute Gasteiger partial charge is 0.161 e. The lowest BCUT2D eigenvalue weighted by Gasteiger charge is -2.21. The monoisotopic (exact) mass is 211 g/mol. The second kappa shape index (κ2) is 4.66. The fourth-order valence-electron chi connectivity index (χ4n) is 1.64. The second-order valence-electron chi connectivity index (χ2n) is 3.47. The molecule has 14 heavy (non-hydrogen) atoms. The molecule has 76 valence electrons. The van der Waals surface area contributed by atoms with Gasteiger partial charge in [-0.1, -0.05) is 0 Å². The third-order valence-corrected chi connectivity index (χ3v) is 3.31. The first-order chi connectivity index (χ1) is 6.88. The molecular formula is C10H13NO2S. The number of nitrogens with zero attached hydrogens (tertiary/aromatic N) is 1. The molecule has 1 aromatic heterocycles. The first kappa shape index (κ1) is 9.80. The van der Waals surface area contributed by atoms with E-state index in [4.69, 9.17) is 4.74 Å². The molecule has 3 nitrogen and oxygen atoms in total. The Morgan fingerprint density at radius 1 is 1.64 bits per heavy atom. The summed E-state index contributed by atoms with van der Waals surface area (Å²) in [5, 5.41) is 1.01. The summed E-state index contributed by atoms with van der Waals surface area (Å²) in [5.41, 5.74) is 0. The molecule has 0 spiro atoms. The van der Waals surface area contributed by atoms with E-state index >= 15 is 0 Å². The molecule has 1 fully saturated rings. The minimum absolute atomic E-state index is 0.314. The number of hydrogen-bond donors (Lipinski definition) is 0. The van der Waals surface area contributed by atoms with Crippen LogP contribution in [0.2, 0.25) is 0 Å². The lowest BCUT2D eigenvalue weighted by atomic mass is 10.1. The van der Waals surface area contributed by atoms with Crippen molar-refractivity contribution in [1.29, 1.82) is 0 Å². The summed E-state index contributed by atoms with van der Waals surface area (Å²) in [5.74, 6) is 0. The van der Waals surface area contributed by atoms with Gasteiger partial charge in [-0.05, 0) is 19.3 Å². The molecule has 2 rings (SSSR count). The van der Waals surface area contributed by atoms with Crippen LogP contribution in [0.3, 0.4) is 0 Å². The van der Waals surface area contributed by atoms with Gasteiger partial charge in [-0.3, -0.25) is 4.79 Å². The summed E-state index contributed by atoms with van der Waals surface area (Å²) in [6, 6.07) is 0. The van der Waals surface area contributed by atoms with Crippen molar-refractivity contribution in [2.45, 2.75) is 31.8 Å². The van der Waals surface area contributed by atoms with Crippen molar-refractivity contribution in [2.24, 2.45) is 0 Å². The molecule has 0 aliphatic carbocycles. The van der Waals surface area contributed by atoms with E-state index in [1.165, 1.54) is 24.2 Å². The maximum atomic E-state index is 10.5. The molecule has 0 amide bonds. The molecule has 1 aromatic rings. The van der Waals surface area contributed by atoms with E-state index in [9.17, 15) is 4.79 Å². The number of carbonyl (C=O) groups excluding carboxylic acids is 1. The molecule has 1 aliphatic rings. The molecule has 0 N–H and O–H groups in total. The zero-order valence-electron chi connectivity index (χ0n) is 7.94. The molecule has 0 saturated carbocycles. The van der Waals surface area contributed by atoms with Crippen LogP contribution in [0.4, 0.5) is 0 Å². The highest BCUT2D eigenvalue weighted by molar-refractivity contribution is 7.13. The summed E-state index contributed by atoms with van der Waals surface area (Å²) in [7, 11) is 0. The summed E-state index contributed by atoms with van der Waals surface area (Å²) < 4.78 is 5.60. The van der Waals surface area contributed by atoms with Crippen molar-refractivity contribution in [3.63, 3.8) is 0 Å². The van der Waals surface area contributed by atoms with Gasteiger partial charge in [0, 0.05) is 19.2 Å². The van der Waals surface area contributed by atoms with Crippen molar-refractivity contribution >= 4 is 17.6 Å². The first-order valence-electron chi connectivity index (χ1n) is 4.90. The topological polar surface area (TPSA) is 39.2 Å². The standard InChI is InChI=1S/C10H13NO2S/c12-7-9-6-11-10(14-9)5-8-3-1-2-4-13-8/h6-8H,1-5H2. The normalized spacial score (nSPS) is 22.1. The average molecular weight is 211 g/mol. The van der Waals surface area contributed by atoms with Crippen LogP contribution in [0.1, 0.15) is 33.9 Å². The van der Waals surface area contributed by atoms with Crippen LogP contribution in [0.5, 0.6) is 0 Å². The van der Waals surface area contributed by atoms with Crippen molar-refractivity contribution in [3.05, 3.63) is 16.1 Å². The van der Waals surface area contributed by atoms with Gasteiger partial charge < -0.3 is 4.74 Å². The van der Waals surface area contributed by atoms with Gasteiger partial charge >= 0.3 is 0 Å². The number of ether oxygens (including phenoxy) is 1. The molecule has 1 unspecified atom stereocenters. The van der Waals surface area contributed by atoms with Gasteiger partial charge in [-0.25, -0.2) is 4.98 Å². The summed E-state index contributed by atoms with van der Waals surface area (Å²) in [4.78, 5) is 15.3. The van der Waals surface area contributed by atoms with Gasteiger partial charge in [0.15, 0.2) is 6.29 Å². The van der Waals surface area contributed by atoms with Crippen LogP contribution in [0.15, 0.2) is 6.20 Å². The highest BCUT2D eigenvalue weighted by Crippen LogP contribution is 2.19. The number of aromatic nitrogens is 1. The zero-order chi connectivity index (χ0) is 9.80. The van der Waals surface area contributed by atoms with Gasteiger partial charge in [-0.2, -0.15) is 0 Å². The van der Waals surface area contributed by atoms with Crippen molar-refractivity contribution in [2.75, 3.05) is 6.61 Å². The molecule has 1 saturated heterocycles. The maximum absolute atomic E-state index is 10.5. The number of carbonyl (C=O) groups is 1. The predicted octanol–water partition coefficient (Wildman–Crippen LogP) is 2.07. The van der Waals surface area contributed by atoms with Crippen LogP contribution in [-0.2, 0) is 11.2 Å². The molecule has 0 radical (unpaired) electrons. The molecule has 0 aromatic carbocycles. The van der Waals surface area contributed by atoms with Crippen LogP contribution in [-0.4, -0.2) is 24.0 Å². The molecular weight excluding hydrogens is 198 g/mol. The summed E-state index contributed by atoms with van der Waals surface area (Å²) in [6.45, 7) is 0.872. The molecule has 1 aliphatic heterocycles. The minimum Gasteiger partial charge on any atom is -0.378 e. The number of aldehydes is 1. The van der Waals surface area contributed by atoms with E-state index in [-0.39, 0.29) is 0 Å². The second-order valence-corrected chi connectivity index (χ2v) is 4.61. The van der Waals surface area contributed by atoms with E-state index in [0.29, 0.717) is 11.0 Å². The fourth-order valence-corrected chi connectivity index (χ4v) is 2.44. The number of hydrogen-bond acceptors (Lipinski definition) is 4. The van der Waals surface area contributed by atoms with E-state index < -0.39 is 0 Å².